The van der Waals surface area contributed by atoms with E-state index in [0.717, 1.165) is 29.9 Å². The number of halogens is 1. The van der Waals surface area contributed by atoms with Crippen molar-refractivity contribution in [2.24, 2.45) is 0 Å². The molecule has 0 aliphatic rings. The summed E-state index contributed by atoms with van der Waals surface area (Å²) in [6, 6.07) is 6.21. The summed E-state index contributed by atoms with van der Waals surface area (Å²) in [6.45, 7) is 5.62. The van der Waals surface area contributed by atoms with E-state index in [1.807, 2.05) is 13.0 Å². The zero-order valence-electron chi connectivity index (χ0n) is 10.8. The average molecular weight is 301 g/mol. The van der Waals surface area contributed by atoms with Crippen LogP contribution in [0.25, 0.3) is 0 Å². The van der Waals surface area contributed by atoms with Gasteiger partial charge in [-0.1, -0.05) is 6.07 Å². The molecule has 4 heteroatoms. The van der Waals surface area contributed by atoms with Crippen LogP contribution in [0.2, 0.25) is 0 Å². The fourth-order valence-electron chi connectivity index (χ4n) is 1.46. The van der Waals surface area contributed by atoms with E-state index in [9.17, 15) is 0 Å². The van der Waals surface area contributed by atoms with E-state index in [4.69, 9.17) is 4.74 Å². The first kappa shape index (κ1) is 14.5. The van der Waals surface area contributed by atoms with Gasteiger partial charge in [0.2, 0.25) is 0 Å². The first-order valence-electron chi connectivity index (χ1n) is 5.90. The van der Waals surface area contributed by atoms with Crippen LogP contribution in [0.15, 0.2) is 22.7 Å². The Hall–Kier alpha value is -0.580. The van der Waals surface area contributed by atoms with Gasteiger partial charge in [0.15, 0.2) is 0 Å². The van der Waals surface area contributed by atoms with Gasteiger partial charge in [-0.3, -0.25) is 0 Å². The molecular formula is C13H21BrN2O. The van der Waals surface area contributed by atoms with Gasteiger partial charge in [0.1, 0.15) is 5.75 Å². The van der Waals surface area contributed by atoms with Gasteiger partial charge >= 0.3 is 0 Å². The lowest BCUT2D eigenvalue weighted by molar-refractivity contribution is 0.338. The van der Waals surface area contributed by atoms with Crippen molar-refractivity contribution in [2.45, 2.75) is 13.5 Å². The van der Waals surface area contributed by atoms with Crippen LogP contribution in [0.3, 0.4) is 0 Å². The minimum atomic E-state index is 0.693. The lowest BCUT2D eigenvalue weighted by Gasteiger charge is -2.11. The van der Waals surface area contributed by atoms with Gasteiger partial charge in [-0.15, -0.1) is 0 Å². The predicted molar refractivity (Wildman–Crippen MR) is 75.6 cm³/mol. The summed E-state index contributed by atoms with van der Waals surface area (Å²) in [5.74, 6) is 0.907. The zero-order valence-corrected chi connectivity index (χ0v) is 12.4. The Morgan fingerprint density at radius 1 is 1.35 bits per heavy atom. The summed E-state index contributed by atoms with van der Waals surface area (Å²) in [6.07, 6.45) is 0. The van der Waals surface area contributed by atoms with Gasteiger partial charge in [0.05, 0.1) is 11.1 Å². The molecule has 0 aliphatic carbocycles. The third-order valence-electron chi connectivity index (χ3n) is 2.36. The van der Waals surface area contributed by atoms with Gasteiger partial charge < -0.3 is 15.0 Å². The minimum Gasteiger partial charge on any atom is -0.493 e. The number of ether oxygens (including phenoxy) is 1. The Morgan fingerprint density at radius 3 is 2.71 bits per heavy atom. The summed E-state index contributed by atoms with van der Waals surface area (Å²) >= 11 is 3.52. The molecule has 0 saturated heterocycles. The highest BCUT2D eigenvalue weighted by atomic mass is 79.9. The Balaban J connectivity index is 2.41. The SMILES string of the molecule is CCOc1ccc(CNCCN(C)C)cc1Br. The number of nitrogens with one attached hydrogen (secondary N) is 1. The Bertz CT molecular complexity index is 342. The van der Waals surface area contributed by atoms with Crippen LogP contribution in [0.1, 0.15) is 12.5 Å². The lowest BCUT2D eigenvalue weighted by atomic mass is 10.2. The summed E-state index contributed by atoms with van der Waals surface area (Å²) in [4.78, 5) is 2.17. The van der Waals surface area contributed by atoms with E-state index in [1.165, 1.54) is 5.56 Å². The molecule has 0 atom stereocenters. The highest BCUT2D eigenvalue weighted by Crippen LogP contribution is 2.25. The van der Waals surface area contributed by atoms with Crippen molar-refractivity contribution in [2.75, 3.05) is 33.8 Å². The monoisotopic (exact) mass is 300 g/mol. The molecule has 0 unspecified atom stereocenters. The van der Waals surface area contributed by atoms with Crippen molar-refractivity contribution in [1.82, 2.24) is 10.2 Å². The number of nitrogens with zero attached hydrogens (tertiary/aromatic N) is 1. The molecular weight excluding hydrogens is 280 g/mol. The third kappa shape index (κ3) is 5.52. The van der Waals surface area contributed by atoms with E-state index in [2.05, 4.69) is 52.4 Å². The lowest BCUT2D eigenvalue weighted by Crippen LogP contribution is -2.26. The maximum atomic E-state index is 5.47. The molecule has 1 aromatic rings. The van der Waals surface area contributed by atoms with Crippen LogP contribution >= 0.6 is 15.9 Å². The van der Waals surface area contributed by atoms with Crippen LogP contribution in [-0.4, -0.2) is 38.7 Å². The molecule has 3 nitrogen and oxygen atoms in total. The molecule has 96 valence electrons. The third-order valence-corrected chi connectivity index (χ3v) is 2.98. The topological polar surface area (TPSA) is 24.5 Å². The van der Waals surface area contributed by atoms with E-state index in [-0.39, 0.29) is 0 Å². The van der Waals surface area contributed by atoms with Crippen molar-refractivity contribution in [1.29, 1.82) is 0 Å². The Kier molecular flexibility index (Phi) is 6.55. The van der Waals surface area contributed by atoms with Crippen molar-refractivity contribution < 1.29 is 4.74 Å². The molecule has 0 amide bonds. The van der Waals surface area contributed by atoms with Crippen molar-refractivity contribution in [3.8, 4) is 5.75 Å². The molecule has 0 fully saturated rings. The highest BCUT2D eigenvalue weighted by molar-refractivity contribution is 9.10. The number of hydrogen-bond donors (Lipinski definition) is 1. The fourth-order valence-corrected chi connectivity index (χ4v) is 2.00. The molecule has 0 aliphatic heterocycles. The molecule has 0 radical (unpaired) electrons. The smallest absolute Gasteiger partial charge is 0.133 e. The van der Waals surface area contributed by atoms with Crippen LogP contribution in [-0.2, 0) is 6.54 Å². The van der Waals surface area contributed by atoms with Crippen LogP contribution in [0, 0.1) is 0 Å². The Labute approximate surface area is 112 Å². The molecule has 0 spiro atoms. The van der Waals surface area contributed by atoms with Crippen molar-refractivity contribution >= 4 is 15.9 Å². The fraction of sp³-hybridized carbons (Fsp3) is 0.538. The van der Waals surface area contributed by atoms with E-state index >= 15 is 0 Å². The van der Waals surface area contributed by atoms with Gasteiger partial charge in [-0.2, -0.15) is 0 Å². The number of hydrogen-bond acceptors (Lipinski definition) is 3. The molecule has 1 rings (SSSR count). The molecule has 0 aromatic heterocycles. The van der Waals surface area contributed by atoms with Crippen LogP contribution in [0.4, 0.5) is 0 Å². The second kappa shape index (κ2) is 7.69. The summed E-state index contributed by atoms with van der Waals surface area (Å²) in [7, 11) is 4.16. The standard InChI is InChI=1S/C13H21BrN2O/c1-4-17-13-6-5-11(9-12(13)14)10-15-7-8-16(2)3/h5-6,9,15H,4,7-8,10H2,1-3H3. The van der Waals surface area contributed by atoms with Crippen LogP contribution in [0.5, 0.6) is 5.75 Å². The van der Waals surface area contributed by atoms with Gasteiger partial charge in [-0.25, -0.2) is 0 Å². The number of benzene rings is 1. The van der Waals surface area contributed by atoms with Gasteiger partial charge in [0.25, 0.3) is 0 Å². The quantitative estimate of drug-likeness (QED) is 0.783. The predicted octanol–water partition coefficient (Wildman–Crippen LogP) is 2.50. The van der Waals surface area contributed by atoms with Crippen molar-refractivity contribution in [3.63, 3.8) is 0 Å². The summed E-state index contributed by atoms with van der Waals surface area (Å²) in [5, 5.41) is 3.41. The van der Waals surface area contributed by atoms with Gasteiger partial charge in [0, 0.05) is 19.6 Å². The second-order valence-corrected chi connectivity index (χ2v) is 5.03. The molecule has 0 saturated carbocycles. The molecule has 17 heavy (non-hydrogen) atoms. The zero-order chi connectivity index (χ0) is 12.7. The molecule has 0 bridgehead atoms. The van der Waals surface area contributed by atoms with E-state index in [0.29, 0.717) is 6.61 Å². The normalized spacial score (nSPS) is 10.9. The number of likely N-dealkylation sites (N-methyl/N-ethyl adjacent to an activating group) is 1. The number of rotatable bonds is 7. The summed E-state index contributed by atoms with van der Waals surface area (Å²) < 4.78 is 6.49. The van der Waals surface area contributed by atoms with E-state index < -0.39 is 0 Å². The first-order valence-corrected chi connectivity index (χ1v) is 6.69. The molecule has 1 N–H and O–H groups in total. The second-order valence-electron chi connectivity index (χ2n) is 4.18. The average Bonchev–Trinajstić information content (AvgIpc) is 2.28. The molecule has 1 aromatic carbocycles. The summed E-state index contributed by atoms with van der Waals surface area (Å²) in [5.41, 5.74) is 1.26. The van der Waals surface area contributed by atoms with Crippen LogP contribution < -0.4 is 10.1 Å². The van der Waals surface area contributed by atoms with Gasteiger partial charge in [-0.05, 0) is 54.6 Å². The first-order chi connectivity index (χ1) is 8.13. The Morgan fingerprint density at radius 2 is 2.12 bits per heavy atom. The molecule has 0 heterocycles. The van der Waals surface area contributed by atoms with E-state index in [1.54, 1.807) is 0 Å². The maximum absolute atomic E-state index is 5.47. The van der Waals surface area contributed by atoms with Crippen molar-refractivity contribution in [3.05, 3.63) is 28.2 Å². The minimum absolute atomic E-state index is 0.693. The maximum Gasteiger partial charge on any atom is 0.133 e. The largest absolute Gasteiger partial charge is 0.493 e. The highest BCUT2D eigenvalue weighted by Gasteiger charge is 2.01.